The summed E-state index contributed by atoms with van der Waals surface area (Å²) in [5, 5.41) is 1.05. The van der Waals surface area contributed by atoms with E-state index in [-0.39, 0.29) is 5.75 Å². The van der Waals surface area contributed by atoms with Crippen molar-refractivity contribution in [1.29, 1.82) is 0 Å². The van der Waals surface area contributed by atoms with Gasteiger partial charge in [0.25, 0.3) is 0 Å². The molecule has 0 fully saturated rings. The van der Waals surface area contributed by atoms with E-state index in [1.54, 1.807) is 12.1 Å². The summed E-state index contributed by atoms with van der Waals surface area (Å²) in [6.07, 6.45) is -4.66. The number of hydrogen-bond donors (Lipinski definition) is 1. The van der Waals surface area contributed by atoms with Gasteiger partial charge in [0.2, 0.25) is 0 Å². The van der Waals surface area contributed by atoms with Crippen LogP contribution in [0.1, 0.15) is 0 Å². The second kappa shape index (κ2) is 4.59. The van der Waals surface area contributed by atoms with Crippen LogP contribution >= 0.6 is 0 Å². The van der Waals surface area contributed by atoms with Crippen molar-refractivity contribution >= 4 is 10.9 Å². The Labute approximate surface area is 112 Å². The third-order valence-electron chi connectivity index (χ3n) is 2.93. The smallest absolute Gasteiger partial charge is 0.406 e. The maximum absolute atomic E-state index is 12.1. The second-order valence-electron chi connectivity index (χ2n) is 4.34. The van der Waals surface area contributed by atoms with Gasteiger partial charge in [-0.1, -0.05) is 18.2 Å². The minimum Gasteiger partial charge on any atom is -0.406 e. The van der Waals surface area contributed by atoms with E-state index in [1.807, 2.05) is 30.3 Å². The number of fused-ring (bicyclic) bond motifs is 1. The molecule has 1 N–H and O–H groups in total. The monoisotopic (exact) mass is 277 g/mol. The summed E-state index contributed by atoms with van der Waals surface area (Å²) in [6, 6.07) is 15.5. The minimum absolute atomic E-state index is 0.225. The predicted octanol–water partition coefficient (Wildman–Crippen LogP) is 4.73. The van der Waals surface area contributed by atoms with Crippen LogP contribution in [0.3, 0.4) is 0 Å². The van der Waals surface area contributed by atoms with Crippen LogP contribution < -0.4 is 4.74 Å². The van der Waals surface area contributed by atoms with E-state index in [0.29, 0.717) is 0 Å². The SMILES string of the molecule is FC(F)(F)Oc1ccc(-c2cc3ccccc3[nH]2)cc1. The Morgan fingerprint density at radius 3 is 2.25 bits per heavy atom. The van der Waals surface area contributed by atoms with Crippen molar-refractivity contribution in [1.82, 2.24) is 4.98 Å². The summed E-state index contributed by atoms with van der Waals surface area (Å²) in [5.74, 6) is -0.225. The zero-order chi connectivity index (χ0) is 14.2. The zero-order valence-electron chi connectivity index (χ0n) is 10.2. The molecule has 0 spiro atoms. The first-order chi connectivity index (χ1) is 9.51. The highest BCUT2D eigenvalue weighted by Gasteiger charge is 2.30. The van der Waals surface area contributed by atoms with Gasteiger partial charge in [0.05, 0.1) is 0 Å². The maximum atomic E-state index is 12.1. The molecule has 0 saturated heterocycles. The number of rotatable bonds is 2. The first-order valence-electron chi connectivity index (χ1n) is 5.95. The lowest BCUT2D eigenvalue weighted by Crippen LogP contribution is -2.16. The zero-order valence-corrected chi connectivity index (χ0v) is 10.2. The number of benzene rings is 2. The van der Waals surface area contributed by atoms with Gasteiger partial charge >= 0.3 is 6.36 Å². The summed E-state index contributed by atoms with van der Waals surface area (Å²) in [6.45, 7) is 0. The number of hydrogen-bond acceptors (Lipinski definition) is 1. The number of aromatic nitrogens is 1. The van der Waals surface area contributed by atoms with Crippen molar-refractivity contribution in [2.45, 2.75) is 6.36 Å². The van der Waals surface area contributed by atoms with E-state index in [2.05, 4.69) is 9.72 Å². The lowest BCUT2D eigenvalue weighted by molar-refractivity contribution is -0.274. The first-order valence-corrected chi connectivity index (χ1v) is 5.95. The van der Waals surface area contributed by atoms with Crippen LogP contribution in [0.15, 0.2) is 54.6 Å². The molecule has 20 heavy (non-hydrogen) atoms. The van der Waals surface area contributed by atoms with Crippen molar-refractivity contribution in [3.63, 3.8) is 0 Å². The van der Waals surface area contributed by atoms with Gasteiger partial charge in [0, 0.05) is 16.6 Å². The average molecular weight is 277 g/mol. The number of para-hydroxylation sites is 1. The highest BCUT2D eigenvalue weighted by atomic mass is 19.4. The summed E-state index contributed by atoms with van der Waals surface area (Å²) >= 11 is 0. The quantitative estimate of drug-likeness (QED) is 0.719. The van der Waals surface area contributed by atoms with Crippen LogP contribution in [0.4, 0.5) is 13.2 Å². The Kier molecular flexibility index (Phi) is 2.89. The number of alkyl halides is 3. The Balaban J connectivity index is 1.90. The third-order valence-corrected chi connectivity index (χ3v) is 2.93. The molecule has 2 aromatic carbocycles. The molecule has 1 heterocycles. The molecule has 3 aromatic rings. The van der Waals surface area contributed by atoms with Crippen molar-refractivity contribution in [3.8, 4) is 17.0 Å². The number of nitrogens with one attached hydrogen (secondary N) is 1. The van der Waals surface area contributed by atoms with Crippen molar-refractivity contribution in [2.24, 2.45) is 0 Å². The number of ether oxygens (including phenoxy) is 1. The van der Waals surface area contributed by atoms with Crippen molar-refractivity contribution < 1.29 is 17.9 Å². The molecule has 0 aliphatic rings. The van der Waals surface area contributed by atoms with E-state index in [4.69, 9.17) is 0 Å². The van der Waals surface area contributed by atoms with Crippen LogP contribution in [-0.2, 0) is 0 Å². The van der Waals surface area contributed by atoms with Crippen LogP contribution in [0.2, 0.25) is 0 Å². The first kappa shape index (κ1) is 12.6. The Hall–Kier alpha value is -2.43. The molecule has 5 heteroatoms. The van der Waals surface area contributed by atoms with Crippen molar-refractivity contribution in [2.75, 3.05) is 0 Å². The summed E-state index contributed by atoms with van der Waals surface area (Å²) in [5.41, 5.74) is 2.64. The molecule has 0 radical (unpaired) electrons. The van der Waals surface area contributed by atoms with E-state index in [9.17, 15) is 13.2 Å². The summed E-state index contributed by atoms with van der Waals surface area (Å²) < 4.78 is 40.1. The van der Waals surface area contributed by atoms with Gasteiger partial charge in [-0.15, -0.1) is 13.2 Å². The molecule has 0 saturated carbocycles. The van der Waals surface area contributed by atoms with Crippen molar-refractivity contribution in [3.05, 3.63) is 54.6 Å². The summed E-state index contributed by atoms with van der Waals surface area (Å²) in [4.78, 5) is 3.22. The molecule has 0 amide bonds. The summed E-state index contributed by atoms with van der Waals surface area (Å²) in [7, 11) is 0. The molecule has 2 nitrogen and oxygen atoms in total. The molecular weight excluding hydrogens is 267 g/mol. The highest BCUT2D eigenvalue weighted by Crippen LogP contribution is 2.28. The topological polar surface area (TPSA) is 25.0 Å². The fourth-order valence-corrected chi connectivity index (χ4v) is 2.07. The third kappa shape index (κ3) is 2.61. The highest BCUT2D eigenvalue weighted by molar-refractivity contribution is 5.85. The number of halogens is 3. The van der Waals surface area contributed by atoms with Gasteiger partial charge in [-0.3, -0.25) is 0 Å². The lowest BCUT2D eigenvalue weighted by Gasteiger charge is -2.08. The van der Waals surface area contributed by atoms with E-state index >= 15 is 0 Å². The van der Waals surface area contributed by atoms with Gasteiger partial charge in [-0.2, -0.15) is 0 Å². The minimum atomic E-state index is -4.66. The fraction of sp³-hybridized carbons (Fsp3) is 0.0667. The molecule has 0 bridgehead atoms. The van der Waals surface area contributed by atoms with Gasteiger partial charge in [-0.05, 0) is 42.0 Å². The van der Waals surface area contributed by atoms with E-state index < -0.39 is 6.36 Å². The maximum Gasteiger partial charge on any atom is 0.573 e. The molecule has 3 rings (SSSR count). The molecule has 0 aliphatic heterocycles. The van der Waals surface area contributed by atoms with Crippen LogP contribution in [-0.4, -0.2) is 11.3 Å². The number of aromatic amines is 1. The van der Waals surface area contributed by atoms with Crippen LogP contribution in [0.5, 0.6) is 5.75 Å². The Morgan fingerprint density at radius 1 is 0.900 bits per heavy atom. The van der Waals surface area contributed by atoms with Gasteiger partial charge < -0.3 is 9.72 Å². The Morgan fingerprint density at radius 2 is 1.60 bits per heavy atom. The van der Waals surface area contributed by atoms with E-state index in [0.717, 1.165) is 22.2 Å². The van der Waals surface area contributed by atoms with Crippen LogP contribution in [0.25, 0.3) is 22.2 Å². The fourth-order valence-electron chi connectivity index (χ4n) is 2.07. The average Bonchev–Trinajstić information content (AvgIpc) is 2.81. The lowest BCUT2D eigenvalue weighted by atomic mass is 10.1. The number of H-pyrrole nitrogens is 1. The molecule has 0 atom stereocenters. The molecule has 0 aliphatic carbocycles. The van der Waals surface area contributed by atoms with Gasteiger partial charge in [0.1, 0.15) is 5.75 Å². The van der Waals surface area contributed by atoms with Gasteiger partial charge in [-0.25, -0.2) is 0 Å². The molecule has 1 aromatic heterocycles. The normalized spacial score (nSPS) is 11.8. The Bertz CT molecular complexity index is 696. The predicted molar refractivity (Wildman–Crippen MR) is 70.4 cm³/mol. The molecule has 0 unspecified atom stereocenters. The van der Waals surface area contributed by atoms with E-state index in [1.165, 1.54) is 12.1 Å². The molecular formula is C15H10F3NO. The standard InChI is InChI=1S/C15H10F3NO/c16-15(17,18)20-12-7-5-10(6-8-12)14-9-11-3-1-2-4-13(11)19-14/h1-9,19H. The largest absolute Gasteiger partial charge is 0.573 e. The second-order valence-corrected chi connectivity index (χ2v) is 4.34. The van der Waals surface area contributed by atoms with Gasteiger partial charge in [0.15, 0.2) is 0 Å². The van der Waals surface area contributed by atoms with Crippen LogP contribution in [0, 0.1) is 0 Å². The molecule has 102 valence electrons.